The van der Waals surface area contributed by atoms with Crippen molar-refractivity contribution in [2.75, 3.05) is 13.2 Å². The summed E-state index contributed by atoms with van der Waals surface area (Å²) in [6.07, 6.45) is 9.74. The molecule has 4 aliphatic carbocycles. The molecule has 3 heteroatoms. The predicted octanol–water partition coefficient (Wildman–Crippen LogP) is 4.35. The van der Waals surface area contributed by atoms with Gasteiger partial charge in [-0.2, -0.15) is 0 Å². The van der Waals surface area contributed by atoms with Gasteiger partial charge in [-0.05, 0) is 86.7 Å². The first kappa shape index (κ1) is 16.9. The second kappa shape index (κ2) is 7.01. The second-order valence-electron chi connectivity index (χ2n) is 8.74. The van der Waals surface area contributed by atoms with Crippen LogP contribution in [0.3, 0.4) is 0 Å². The van der Waals surface area contributed by atoms with E-state index in [1.54, 1.807) is 0 Å². The zero-order valence-electron chi connectivity index (χ0n) is 15.4. The smallest absolute Gasteiger partial charge is 0.220 e. The maximum atomic E-state index is 12.4. The Bertz CT molecular complexity index is 589. The van der Waals surface area contributed by atoms with Gasteiger partial charge < -0.3 is 10.1 Å². The summed E-state index contributed by atoms with van der Waals surface area (Å²) in [6.45, 7) is 3.56. The summed E-state index contributed by atoms with van der Waals surface area (Å²) in [5, 5.41) is 3.28. The SMILES string of the molecule is CCOc1ccccc1CCC(=O)NCC12CC3CC(CC(C3)C1)C2. The monoisotopic (exact) mass is 341 g/mol. The number of rotatable bonds is 7. The number of amides is 1. The molecule has 0 aromatic heterocycles. The Kier molecular flexibility index (Phi) is 4.75. The second-order valence-corrected chi connectivity index (χ2v) is 8.74. The van der Waals surface area contributed by atoms with Crippen LogP contribution in [0.1, 0.15) is 57.4 Å². The number of aryl methyl sites for hydroxylation is 1. The molecule has 0 atom stereocenters. The van der Waals surface area contributed by atoms with Crippen LogP contribution in [0.25, 0.3) is 0 Å². The maximum Gasteiger partial charge on any atom is 0.220 e. The number of nitrogens with one attached hydrogen (secondary N) is 1. The van der Waals surface area contributed by atoms with Crippen LogP contribution in [0, 0.1) is 23.2 Å². The Morgan fingerprint density at radius 1 is 1.12 bits per heavy atom. The van der Waals surface area contributed by atoms with E-state index in [1.807, 2.05) is 25.1 Å². The molecule has 0 saturated heterocycles. The normalized spacial score (nSPS) is 32.6. The molecule has 0 spiro atoms. The van der Waals surface area contributed by atoms with Crippen LogP contribution >= 0.6 is 0 Å². The first-order chi connectivity index (χ1) is 12.2. The lowest BCUT2D eigenvalue weighted by Crippen LogP contribution is -2.51. The van der Waals surface area contributed by atoms with E-state index in [4.69, 9.17) is 4.74 Å². The van der Waals surface area contributed by atoms with E-state index < -0.39 is 0 Å². The molecule has 136 valence electrons. The third kappa shape index (κ3) is 3.70. The van der Waals surface area contributed by atoms with E-state index in [-0.39, 0.29) is 5.91 Å². The molecule has 0 heterocycles. The summed E-state index contributed by atoms with van der Waals surface area (Å²) in [5.41, 5.74) is 1.56. The fourth-order valence-electron chi connectivity index (χ4n) is 6.14. The molecule has 1 aromatic rings. The Hall–Kier alpha value is -1.51. The molecular weight excluding hydrogens is 310 g/mol. The highest BCUT2D eigenvalue weighted by Gasteiger charge is 2.50. The molecule has 0 radical (unpaired) electrons. The van der Waals surface area contributed by atoms with Crippen molar-refractivity contribution in [1.29, 1.82) is 0 Å². The molecular formula is C22H31NO2. The highest BCUT2D eigenvalue weighted by Crippen LogP contribution is 2.59. The van der Waals surface area contributed by atoms with E-state index in [0.29, 0.717) is 18.4 Å². The molecule has 5 rings (SSSR count). The fraction of sp³-hybridized carbons (Fsp3) is 0.682. The number of ether oxygens (including phenoxy) is 1. The summed E-state index contributed by atoms with van der Waals surface area (Å²) in [7, 11) is 0. The van der Waals surface area contributed by atoms with Crippen molar-refractivity contribution >= 4 is 5.91 Å². The third-order valence-corrected chi connectivity index (χ3v) is 6.72. The van der Waals surface area contributed by atoms with Gasteiger partial charge in [0.25, 0.3) is 0 Å². The maximum absolute atomic E-state index is 12.4. The highest BCUT2D eigenvalue weighted by molar-refractivity contribution is 5.76. The summed E-state index contributed by atoms with van der Waals surface area (Å²) < 4.78 is 5.66. The van der Waals surface area contributed by atoms with Gasteiger partial charge in [0.1, 0.15) is 5.75 Å². The molecule has 4 fully saturated rings. The minimum absolute atomic E-state index is 0.196. The Balaban J connectivity index is 1.29. The minimum atomic E-state index is 0.196. The van der Waals surface area contributed by atoms with Gasteiger partial charge in [-0.3, -0.25) is 4.79 Å². The number of carbonyl (C=O) groups is 1. The molecule has 25 heavy (non-hydrogen) atoms. The number of para-hydroxylation sites is 1. The average molecular weight is 341 g/mol. The van der Waals surface area contributed by atoms with Crippen LogP contribution in [0.5, 0.6) is 5.75 Å². The molecule has 1 aromatic carbocycles. The predicted molar refractivity (Wildman–Crippen MR) is 99.5 cm³/mol. The topological polar surface area (TPSA) is 38.3 Å². The molecule has 3 nitrogen and oxygen atoms in total. The average Bonchev–Trinajstić information content (AvgIpc) is 2.58. The molecule has 1 amide bonds. The van der Waals surface area contributed by atoms with Crippen molar-refractivity contribution in [3.05, 3.63) is 29.8 Å². The van der Waals surface area contributed by atoms with Gasteiger partial charge in [-0.15, -0.1) is 0 Å². The highest BCUT2D eigenvalue weighted by atomic mass is 16.5. The van der Waals surface area contributed by atoms with Gasteiger partial charge in [0, 0.05) is 13.0 Å². The van der Waals surface area contributed by atoms with Gasteiger partial charge in [0.05, 0.1) is 6.61 Å². The summed E-state index contributed by atoms with van der Waals surface area (Å²) >= 11 is 0. The first-order valence-corrected chi connectivity index (χ1v) is 10.1. The lowest BCUT2D eigenvalue weighted by Gasteiger charge is -2.56. The number of carbonyl (C=O) groups excluding carboxylic acids is 1. The largest absolute Gasteiger partial charge is 0.494 e. The van der Waals surface area contributed by atoms with Crippen LogP contribution in [0.2, 0.25) is 0 Å². The van der Waals surface area contributed by atoms with Crippen LogP contribution in [0.4, 0.5) is 0 Å². The summed E-state index contributed by atoms with van der Waals surface area (Å²) in [4.78, 5) is 12.4. The lowest BCUT2D eigenvalue weighted by atomic mass is 9.49. The summed E-state index contributed by atoms with van der Waals surface area (Å²) in [6, 6.07) is 8.07. The van der Waals surface area contributed by atoms with E-state index in [0.717, 1.165) is 42.0 Å². The van der Waals surface area contributed by atoms with E-state index in [2.05, 4.69) is 11.4 Å². The Labute approximate surface area is 151 Å². The number of hydrogen-bond acceptors (Lipinski definition) is 2. The zero-order chi connectivity index (χ0) is 17.3. The molecule has 1 N–H and O–H groups in total. The van der Waals surface area contributed by atoms with Gasteiger partial charge in [0.15, 0.2) is 0 Å². The van der Waals surface area contributed by atoms with Crippen molar-refractivity contribution in [2.24, 2.45) is 23.2 Å². The fourth-order valence-corrected chi connectivity index (χ4v) is 6.14. The quantitative estimate of drug-likeness (QED) is 0.801. The van der Waals surface area contributed by atoms with Gasteiger partial charge in [0.2, 0.25) is 5.91 Å². The van der Waals surface area contributed by atoms with Gasteiger partial charge >= 0.3 is 0 Å². The lowest BCUT2D eigenvalue weighted by molar-refractivity contribution is -0.123. The molecule has 4 saturated carbocycles. The summed E-state index contributed by atoms with van der Waals surface area (Å²) in [5.74, 6) is 3.95. The van der Waals surface area contributed by atoms with E-state index in [1.165, 1.54) is 38.5 Å². The third-order valence-electron chi connectivity index (χ3n) is 6.72. The van der Waals surface area contributed by atoms with Gasteiger partial charge in [-0.1, -0.05) is 18.2 Å². The first-order valence-electron chi connectivity index (χ1n) is 10.1. The molecule has 4 bridgehead atoms. The van der Waals surface area contributed by atoms with E-state index >= 15 is 0 Å². The van der Waals surface area contributed by atoms with Crippen molar-refractivity contribution in [3.8, 4) is 5.75 Å². The number of benzene rings is 1. The van der Waals surface area contributed by atoms with Crippen LogP contribution < -0.4 is 10.1 Å². The van der Waals surface area contributed by atoms with Crippen LogP contribution in [0.15, 0.2) is 24.3 Å². The van der Waals surface area contributed by atoms with Crippen LogP contribution in [-0.2, 0) is 11.2 Å². The Morgan fingerprint density at radius 2 is 1.76 bits per heavy atom. The molecule has 4 aliphatic rings. The van der Waals surface area contributed by atoms with E-state index in [9.17, 15) is 4.79 Å². The van der Waals surface area contributed by atoms with Crippen molar-refractivity contribution in [3.63, 3.8) is 0 Å². The van der Waals surface area contributed by atoms with Crippen LogP contribution in [-0.4, -0.2) is 19.1 Å². The van der Waals surface area contributed by atoms with Crippen molar-refractivity contribution in [2.45, 2.75) is 58.3 Å². The van der Waals surface area contributed by atoms with Crippen molar-refractivity contribution in [1.82, 2.24) is 5.32 Å². The Morgan fingerprint density at radius 3 is 2.40 bits per heavy atom. The zero-order valence-corrected chi connectivity index (χ0v) is 15.4. The molecule has 0 aliphatic heterocycles. The number of hydrogen-bond donors (Lipinski definition) is 1. The van der Waals surface area contributed by atoms with Gasteiger partial charge in [-0.25, -0.2) is 0 Å². The minimum Gasteiger partial charge on any atom is -0.494 e. The van der Waals surface area contributed by atoms with Crippen molar-refractivity contribution < 1.29 is 9.53 Å². The molecule has 0 unspecified atom stereocenters. The standard InChI is InChI=1S/C22H31NO2/c1-2-25-20-6-4-3-5-19(20)7-8-21(24)23-15-22-12-16-9-17(13-22)11-18(10-16)14-22/h3-6,16-18H,2,7-15H2,1H3,(H,23,24).